The number of benzene rings is 2. The Bertz CT molecular complexity index is 702. The minimum Gasteiger partial charge on any atom is -0.216 e. The number of hydrogen-bond acceptors (Lipinski definition) is 3. The molecule has 0 aromatic heterocycles. The molecule has 0 bridgehead atoms. The smallest absolute Gasteiger partial charge is 0.216 e. The Hall–Kier alpha value is -1.11. The van der Waals surface area contributed by atoms with E-state index in [2.05, 4.69) is 0 Å². The molecule has 0 heterocycles. The van der Waals surface area contributed by atoms with Crippen molar-refractivity contribution in [2.45, 2.75) is 15.2 Å². The summed E-state index contributed by atoms with van der Waals surface area (Å²) >= 11 is 5.71. The van der Waals surface area contributed by atoms with Crippen molar-refractivity contribution in [1.29, 1.82) is 0 Å². The van der Waals surface area contributed by atoms with Crippen LogP contribution in [0.5, 0.6) is 0 Å². The van der Waals surface area contributed by atoms with Gasteiger partial charge in [0.05, 0.1) is 4.90 Å². The molecule has 0 radical (unpaired) electrons. The molecule has 0 amide bonds. The quantitative estimate of drug-likeness (QED) is 0.792. The minimum atomic E-state index is -4.75. The second-order valence-corrected chi connectivity index (χ2v) is 7.97. The maximum absolute atomic E-state index is 14.0. The van der Waals surface area contributed by atoms with Crippen molar-refractivity contribution in [3.63, 3.8) is 0 Å². The van der Waals surface area contributed by atoms with Gasteiger partial charge in [0.1, 0.15) is 0 Å². The third kappa shape index (κ3) is 3.75. The first kappa shape index (κ1) is 16.3. The summed E-state index contributed by atoms with van der Waals surface area (Å²) < 4.78 is 48.1. The summed E-state index contributed by atoms with van der Waals surface area (Å²) in [6.07, 6.45) is 0. The van der Waals surface area contributed by atoms with Gasteiger partial charge in [0.15, 0.2) is 0 Å². The van der Waals surface area contributed by atoms with Crippen molar-refractivity contribution in [1.82, 2.24) is 0 Å². The molecule has 0 saturated heterocycles. The van der Waals surface area contributed by atoms with Crippen LogP contribution in [0.25, 0.3) is 0 Å². The molecule has 0 fully saturated rings. The number of sulfone groups is 1. The topological polar surface area (TPSA) is 34.1 Å². The van der Waals surface area contributed by atoms with E-state index in [0.29, 0.717) is 5.56 Å². The van der Waals surface area contributed by atoms with Crippen LogP contribution < -0.4 is 0 Å². The van der Waals surface area contributed by atoms with Crippen molar-refractivity contribution in [3.05, 3.63) is 65.2 Å². The van der Waals surface area contributed by atoms with Crippen LogP contribution in [-0.2, 0) is 15.6 Å². The Morgan fingerprint density at radius 2 is 1.57 bits per heavy atom. The standard InChI is InChI=1S/C14H11ClF2O2S2/c15-12-6-8-13(9-7-12)21(18,19)14(16,17)20-10-11-4-2-1-3-5-11/h1-9H,10H2. The van der Waals surface area contributed by atoms with E-state index in [4.69, 9.17) is 11.6 Å². The van der Waals surface area contributed by atoms with Crippen molar-refractivity contribution >= 4 is 33.2 Å². The molecular weight excluding hydrogens is 338 g/mol. The molecule has 0 atom stereocenters. The van der Waals surface area contributed by atoms with Gasteiger partial charge in [0.2, 0.25) is 0 Å². The van der Waals surface area contributed by atoms with Gasteiger partial charge in [-0.3, -0.25) is 0 Å². The van der Waals surface area contributed by atoms with Gasteiger partial charge in [-0.25, -0.2) is 8.42 Å². The van der Waals surface area contributed by atoms with Gasteiger partial charge in [0, 0.05) is 10.8 Å². The monoisotopic (exact) mass is 348 g/mol. The highest BCUT2D eigenvalue weighted by Gasteiger charge is 2.46. The first-order chi connectivity index (χ1) is 9.83. The maximum atomic E-state index is 14.0. The van der Waals surface area contributed by atoms with Crippen LogP contribution in [0.3, 0.4) is 0 Å². The zero-order valence-electron chi connectivity index (χ0n) is 10.7. The summed E-state index contributed by atoms with van der Waals surface area (Å²) in [5.41, 5.74) is 0.633. The van der Waals surface area contributed by atoms with Crippen LogP contribution in [0.1, 0.15) is 5.56 Å². The van der Waals surface area contributed by atoms with Crippen LogP contribution in [0.4, 0.5) is 8.78 Å². The molecule has 0 saturated carbocycles. The summed E-state index contributed by atoms with van der Waals surface area (Å²) in [7, 11) is -4.75. The van der Waals surface area contributed by atoms with E-state index < -0.39 is 19.3 Å². The largest absolute Gasteiger partial charge is 0.397 e. The molecule has 0 N–H and O–H groups in total. The Balaban J connectivity index is 2.19. The molecule has 0 spiro atoms. The molecule has 21 heavy (non-hydrogen) atoms. The maximum Gasteiger partial charge on any atom is 0.397 e. The summed E-state index contributed by atoms with van der Waals surface area (Å²) in [5.74, 6) is -0.0966. The van der Waals surface area contributed by atoms with Gasteiger partial charge < -0.3 is 0 Å². The SMILES string of the molecule is O=S(=O)(c1ccc(Cl)cc1)C(F)(F)SCc1ccccc1. The molecule has 2 rings (SSSR count). The van der Waals surface area contributed by atoms with E-state index in [1.807, 2.05) is 0 Å². The summed E-state index contributed by atoms with van der Waals surface area (Å²) in [5, 5.41) is 0.286. The lowest BCUT2D eigenvalue weighted by Crippen LogP contribution is -2.25. The van der Waals surface area contributed by atoms with Crippen LogP contribution in [0, 0.1) is 0 Å². The Morgan fingerprint density at radius 1 is 1.00 bits per heavy atom. The lowest BCUT2D eigenvalue weighted by molar-refractivity contribution is 0.195. The molecule has 0 unspecified atom stereocenters. The Morgan fingerprint density at radius 3 is 2.14 bits per heavy atom. The number of halogens is 3. The number of rotatable bonds is 5. The zero-order chi connectivity index (χ0) is 15.5. The zero-order valence-corrected chi connectivity index (χ0v) is 13.1. The predicted octanol–water partition coefficient (Wildman–Crippen LogP) is 4.60. The van der Waals surface area contributed by atoms with Crippen LogP contribution in [0.2, 0.25) is 5.02 Å². The average molecular weight is 349 g/mol. The van der Waals surface area contributed by atoms with E-state index in [0.717, 1.165) is 12.1 Å². The highest BCUT2D eigenvalue weighted by Crippen LogP contribution is 2.40. The highest BCUT2D eigenvalue weighted by molar-refractivity contribution is 8.13. The highest BCUT2D eigenvalue weighted by atomic mass is 35.5. The summed E-state index contributed by atoms with van der Waals surface area (Å²) in [6, 6.07) is 13.2. The van der Waals surface area contributed by atoms with Crippen molar-refractivity contribution in [2.75, 3.05) is 0 Å². The van der Waals surface area contributed by atoms with Gasteiger partial charge in [-0.1, -0.05) is 53.7 Å². The van der Waals surface area contributed by atoms with Crippen molar-refractivity contribution in [2.24, 2.45) is 0 Å². The second-order valence-electron chi connectivity index (χ2n) is 4.19. The van der Waals surface area contributed by atoms with Crippen molar-refractivity contribution < 1.29 is 17.2 Å². The van der Waals surface area contributed by atoms with Crippen LogP contribution in [-0.4, -0.2) is 13.0 Å². The minimum absolute atomic E-state index is 0.0835. The fourth-order valence-electron chi connectivity index (χ4n) is 1.57. The molecule has 112 valence electrons. The average Bonchev–Trinajstić information content (AvgIpc) is 2.46. The van der Waals surface area contributed by atoms with Crippen LogP contribution in [0.15, 0.2) is 59.5 Å². The van der Waals surface area contributed by atoms with Crippen molar-refractivity contribution in [3.8, 4) is 0 Å². The Labute approximate surface area is 131 Å². The van der Waals surface area contributed by atoms with Gasteiger partial charge >= 0.3 is 4.59 Å². The molecule has 0 aliphatic heterocycles. The first-order valence-electron chi connectivity index (χ1n) is 5.89. The lowest BCUT2D eigenvalue weighted by atomic mass is 10.2. The third-order valence-electron chi connectivity index (χ3n) is 2.69. The Kier molecular flexibility index (Phi) is 4.91. The lowest BCUT2D eigenvalue weighted by Gasteiger charge is -2.16. The third-order valence-corrected chi connectivity index (χ3v) is 6.28. The molecule has 2 aromatic carbocycles. The fraction of sp³-hybridized carbons (Fsp3) is 0.143. The predicted molar refractivity (Wildman–Crippen MR) is 81.3 cm³/mol. The molecule has 7 heteroatoms. The van der Waals surface area contributed by atoms with E-state index in [-0.39, 0.29) is 22.5 Å². The molecule has 0 aliphatic carbocycles. The number of thioether (sulfide) groups is 1. The van der Waals surface area contributed by atoms with E-state index >= 15 is 0 Å². The van der Waals surface area contributed by atoms with Gasteiger partial charge in [-0.15, -0.1) is 0 Å². The second kappa shape index (κ2) is 6.34. The molecule has 0 aliphatic rings. The van der Waals surface area contributed by atoms with Gasteiger partial charge in [-0.2, -0.15) is 8.78 Å². The number of alkyl halides is 2. The van der Waals surface area contributed by atoms with Crippen LogP contribution >= 0.6 is 23.4 Å². The van der Waals surface area contributed by atoms with Gasteiger partial charge in [-0.05, 0) is 29.8 Å². The van der Waals surface area contributed by atoms with E-state index in [1.54, 1.807) is 30.3 Å². The van der Waals surface area contributed by atoms with Gasteiger partial charge in [0.25, 0.3) is 9.84 Å². The normalized spacial score (nSPS) is 12.3. The van der Waals surface area contributed by atoms with E-state index in [9.17, 15) is 17.2 Å². The number of hydrogen-bond donors (Lipinski definition) is 0. The fourth-order valence-corrected chi connectivity index (χ4v) is 4.08. The molecular formula is C14H11ClF2O2S2. The van der Waals surface area contributed by atoms with E-state index in [1.165, 1.54) is 12.1 Å². The summed E-state index contributed by atoms with van der Waals surface area (Å²) in [6.45, 7) is 0. The molecule has 2 nitrogen and oxygen atoms in total. The first-order valence-corrected chi connectivity index (χ1v) is 8.73. The molecule has 2 aromatic rings. The summed E-state index contributed by atoms with van der Waals surface area (Å²) in [4.78, 5) is -0.447.